The highest BCUT2D eigenvalue weighted by Crippen LogP contribution is 2.47. The van der Waals surface area contributed by atoms with Crippen molar-refractivity contribution in [1.29, 1.82) is 0 Å². The summed E-state index contributed by atoms with van der Waals surface area (Å²) in [6, 6.07) is 8.26. The number of nitrogens with one attached hydrogen (secondary N) is 1. The number of ether oxygens (including phenoxy) is 3. The van der Waals surface area contributed by atoms with E-state index in [2.05, 4.69) is 44.3 Å². The Kier molecular flexibility index (Phi) is 7.92. The summed E-state index contributed by atoms with van der Waals surface area (Å²) in [5, 5.41) is 4.31. The van der Waals surface area contributed by atoms with E-state index in [1.165, 1.54) is 0 Å². The van der Waals surface area contributed by atoms with Gasteiger partial charge in [0, 0.05) is 17.5 Å². The normalized spacial score (nSPS) is 10.6. The Morgan fingerprint density at radius 3 is 2.04 bits per heavy atom. The average Bonchev–Trinajstić information content (AvgIpc) is 3.12. The molecular weight excluding hydrogens is 334 g/mol. The van der Waals surface area contributed by atoms with Gasteiger partial charge in [0.25, 0.3) is 0 Å². The van der Waals surface area contributed by atoms with Gasteiger partial charge in [0.15, 0.2) is 11.5 Å². The highest BCUT2D eigenvalue weighted by Gasteiger charge is 2.20. The highest BCUT2D eigenvalue weighted by molar-refractivity contribution is 7.19. The molecule has 0 saturated heterocycles. The van der Waals surface area contributed by atoms with Crippen LogP contribution in [0.4, 0.5) is 5.00 Å². The molecule has 0 radical (unpaired) electrons. The molecule has 0 unspecified atom stereocenters. The Morgan fingerprint density at radius 2 is 1.44 bits per heavy atom. The first-order valence-electron chi connectivity index (χ1n) is 9.08. The van der Waals surface area contributed by atoms with E-state index in [4.69, 9.17) is 14.2 Å². The van der Waals surface area contributed by atoms with E-state index in [0.29, 0.717) is 19.8 Å². The minimum Gasteiger partial charge on any atom is -0.490 e. The molecule has 25 heavy (non-hydrogen) atoms. The second-order valence-corrected chi connectivity index (χ2v) is 6.81. The highest BCUT2D eigenvalue weighted by atomic mass is 32.1. The van der Waals surface area contributed by atoms with Crippen molar-refractivity contribution in [3.63, 3.8) is 0 Å². The summed E-state index contributed by atoms with van der Waals surface area (Å²) in [4.78, 5) is 1.15. The van der Waals surface area contributed by atoms with Gasteiger partial charge in [-0.05, 0) is 43.5 Å². The third-order valence-corrected chi connectivity index (χ3v) is 4.69. The van der Waals surface area contributed by atoms with E-state index in [-0.39, 0.29) is 0 Å². The lowest BCUT2D eigenvalue weighted by molar-refractivity contribution is 0.243. The van der Waals surface area contributed by atoms with Crippen LogP contribution in [0.3, 0.4) is 0 Å². The largest absolute Gasteiger partial charge is 0.490 e. The first-order valence-corrected chi connectivity index (χ1v) is 9.90. The maximum absolute atomic E-state index is 6.11. The van der Waals surface area contributed by atoms with E-state index in [1.807, 2.05) is 13.1 Å². The predicted octanol–water partition coefficient (Wildman–Crippen LogP) is 5.82. The van der Waals surface area contributed by atoms with Gasteiger partial charge >= 0.3 is 0 Å². The zero-order valence-corrected chi connectivity index (χ0v) is 16.5. The molecule has 0 amide bonds. The van der Waals surface area contributed by atoms with Crippen molar-refractivity contribution in [2.24, 2.45) is 0 Å². The van der Waals surface area contributed by atoms with Gasteiger partial charge in [-0.3, -0.25) is 0 Å². The molecule has 0 bridgehead atoms. The van der Waals surface area contributed by atoms with E-state index >= 15 is 0 Å². The molecule has 138 valence electrons. The quantitative estimate of drug-likeness (QED) is 0.546. The van der Waals surface area contributed by atoms with Gasteiger partial charge in [-0.15, -0.1) is 11.3 Å². The number of hydrogen-bond donors (Lipinski definition) is 1. The molecule has 0 spiro atoms. The van der Waals surface area contributed by atoms with Crippen LogP contribution in [0, 0.1) is 0 Å². The molecule has 2 rings (SSSR count). The minimum atomic E-state index is 0.640. The molecule has 0 atom stereocenters. The Balaban J connectivity index is 2.49. The Morgan fingerprint density at radius 1 is 0.800 bits per heavy atom. The fourth-order valence-electron chi connectivity index (χ4n) is 2.37. The summed E-state index contributed by atoms with van der Waals surface area (Å²) in [5.74, 6) is 2.27. The minimum absolute atomic E-state index is 0.640. The van der Waals surface area contributed by atoms with Gasteiger partial charge in [-0.2, -0.15) is 0 Å². The summed E-state index contributed by atoms with van der Waals surface area (Å²) in [5.41, 5.74) is 1.05. The summed E-state index contributed by atoms with van der Waals surface area (Å²) < 4.78 is 18.1. The zero-order valence-electron chi connectivity index (χ0n) is 15.7. The number of thiophene rings is 1. The van der Waals surface area contributed by atoms with Crippen LogP contribution in [-0.2, 0) is 0 Å². The van der Waals surface area contributed by atoms with Crippen molar-refractivity contribution < 1.29 is 14.2 Å². The molecule has 1 N–H and O–H groups in total. The van der Waals surface area contributed by atoms with Crippen LogP contribution in [0.2, 0.25) is 0 Å². The summed E-state index contributed by atoms with van der Waals surface area (Å²) in [7, 11) is 1.93. The third-order valence-electron chi connectivity index (χ3n) is 3.56. The van der Waals surface area contributed by atoms with Crippen molar-refractivity contribution in [3.8, 4) is 27.7 Å². The second-order valence-electron chi connectivity index (χ2n) is 5.73. The van der Waals surface area contributed by atoms with E-state index in [0.717, 1.165) is 52.0 Å². The van der Waals surface area contributed by atoms with E-state index in [1.54, 1.807) is 11.3 Å². The molecule has 0 saturated carbocycles. The summed E-state index contributed by atoms with van der Waals surface area (Å²) in [6.45, 7) is 8.26. The fourth-order valence-corrected chi connectivity index (χ4v) is 3.25. The molecule has 0 aliphatic heterocycles. The average molecular weight is 364 g/mol. The van der Waals surface area contributed by atoms with Crippen molar-refractivity contribution in [2.45, 2.75) is 40.0 Å². The molecule has 5 heteroatoms. The molecular formula is C20H29NO3S. The fraction of sp³-hybridized carbons (Fsp3) is 0.500. The van der Waals surface area contributed by atoms with E-state index in [9.17, 15) is 0 Å². The van der Waals surface area contributed by atoms with Crippen LogP contribution in [0.25, 0.3) is 10.4 Å². The maximum Gasteiger partial charge on any atom is 0.204 e. The van der Waals surface area contributed by atoms with Crippen molar-refractivity contribution in [2.75, 3.05) is 32.2 Å². The molecule has 1 heterocycles. The summed E-state index contributed by atoms with van der Waals surface area (Å²) in [6.07, 6.45) is 2.84. The van der Waals surface area contributed by atoms with Gasteiger partial charge in [-0.1, -0.05) is 20.8 Å². The number of anilines is 1. The molecule has 1 aromatic carbocycles. The lowest BCUT2D eigenvalue weighted by atomic mass is 10.1. The van der Waals surface area contributed by atoms with Gasteiger partial charge in [0.1, 0.15) is 0 Å². The zero-order chi connectivity index (χ0) is 18.1. The SMILES string of the molecule is CCCOc1ccc(-c2ccc(NC)s2)c(OCCC)c1OCCC. The van der Waals surface area contributed by atoms with Gasteiger partial charge < -0.3 is 19.5 Å². The molecule has 1 aromatic heterocycles. The smallest absolute Gasteiger partial charge is 0.204 e. The molecule has 2 aromatic rings. The van der Waals surface area contributed by atoms with Crippen LogP contribution >= 0.6 is 11.3 Å². The number of rotatable bonds is 11. The standard InChI is InChI=1S/C20H29NO3S/c1-5-12-22-16-9-8-15(17-10-11-18(21-4)25-17)19(23-13-6-2)20(16)24-14-7-3/h8-11,21H,5-7,12-14H2,1-4H3. The van der Waals surface area contributed by atoms with Gasteiger partial charge in [0.2, 0.25) is 5.75 Å². The second kappa shape index (κ2) is 10.2. The Labute approximate surface area is 155 Å². The summed E-state index contributed by atoms with van der Waals surface area (Å²) >= 11 is 1.70. The van der Waals surface area contributed by atoms with Crippen molar-refractivity contribution in [1.82, 2.24) is 0 Å². The maximum atomic E-state index is 6.11. The molecule has 0 aliphatic carbocycles. The van der Waals surface area contributed by atoms with E-state index < -0.39 is 0 Å². The Bertz CT molecular complexity index is 654. The van der Waals surface area contributed by atoms with Crippen molar-refractivity contribution in [3.05, 3.63) is 24.3 Å². The molecule has 4 nitrogen and oxygen atoms in total. The monoisotopic (exact) mass is 363 g/mol. The predicted molar refractivity (Wildman–Crippen MR) is 107 cm³/mol. The first kappa shape index (κ1) is 19.4. The third kappa shape index (κ3) is 5.05. The Hall–Kier alpha value is -1.88. The molecule has 0 fully saturated rings. The first-order chi connectivity index (χ1) is 12.2. The van der Waals surface area contributed by atoms with Crippen LogP contribution in [-0.4, -0.2) is 26.9 Å². The van der Waals surface area contributed by atoms with Crippen LogP contribution in [0.15, 0.2) is 24.3 Å². The molecule has 0 aliphatic rings. The van der Waals surface area contributed by atoms with Crippen LogP contribution in [0.5, 0.6) is 17.2 Å². The number of hydrogen-bond acceptors (Lipinski definition) is 5. The van der Waals surface area contributed by atoms with Gasteiger partial charge in [-0.25, -0.2) is 0 Å². The van der Waals surface area contributed by atoms with Crippen LogP contribution in [0.1, 0.15) is 40.0 Å². The van der Waals surface area contributed by atoms with Gasteiger partial charge in [0.05, 0.1) is 24.8 Å². The topological polar surface area (TPSA) is 39.7 Å². The van der Waals surface area contributed by atoms with Crippen molar-refractivity contribution >= 4 is 16.3 Å². The lowest BCUT2D eigenvalue weighted by Gasteiger charge is -2.19. The van der Waals surface area contributed by atoms with Crippen LogP contribution < -0.4 is 19.5 Å². The number of benzene rings is 1. The lowest BCUT2D eigenvalue weighted by Crippen LogP contribution is -2.05.